The molecule has 5 rings (SSSR count). The molecular weight excluding hydrogens is 721 g/mol. The van der Waals surface area contributed by atoms with E-state index in [0.717, 1.165) is 48.8 Å². The Morgan fingerprint density at radius 2 is 1.67 bits per heavy atom. The standard InChI is InChI=1S/C39H55F2N5O7S/c1-6-54(48,49)52-23-10-8-7-9-22-51-36-33-15-14-32(45-20-24-50-25-21-45)27-34(33)35(43-44-36)42-28(2)29-12-11-13-31(26-29)39(40,41)30-16-18-46(19-17-30)37(47)53-38(3,4)5/h11-15,26-28,30H,6-10,16-25H2,1-5H3,(H,42,43)/t28-/m1/s1. The summed E-state index contributed by atoms with van der Waals surface area (Å²) in [4.78, 5) is 16.3. The maximum Gasteiger partial charge on any atom is 0.410 e. The minimum atomic E-state index is -3.43. The summed E-state index contributed by atoms with van der Waals surface area (Å²) in [6.45, 7) is 12.6. The molecule has 298 valence electrons. The zero-order chi connectivity index (χ0) is 38.9. The quantitative estimate of drug-likeness (QED) is 0.114. The monoisotopic (exact) mass is 775 g/mol. The predicted molar refractivity (Wildman–Crippen MR) is 205 cm³/mol. The summed E-state index contributed by atoms with van der Waals surface area (Å²) in [6.07, 6.45) is 2.90. The van der Waals surface area contributed by atoms with Crippen molar-refractivity contribution in [3.8, 4) is 5.88 Å². The molecule has 15 heteroatoms. The highest BCUT2D eigenvalue weighted by molar-refractivity contribution is 7.86. The number of likely N-dealkylation sites (tertiary alicyclic amines) is 1. The number of amides is 1. The maximum atomic E-state index is 16.0. The number of ether oxygens (including phenoxy) is 3. The normalized spacial score (nSPS) is 16.7. The minimum absolute atomic E-state index is 0.0381. The van der Waals surface area contributed by atoms with Gasteiger partial charge in [-0.05, 0) is 96.6 Å². The Hall–Kier alpha value is -3.82. The van der Waals surface area contributed by atoms with E-state index in [9.17, 15) is 13.2 Å². The lowest BCUT2D eigenvalue weighted by atomic mass is 9.85. The number of benzene rings is 2. The fourth-order valence-corrected chi connectivity index (χ4v) is 7.17. The molecule has 1 N–H and O–H groups in total. The van der Waals surface area contributed by atoms with Gasteiger partial charge in [0.05, 0.1) is 38.2 Å². The van der Waals surface area contributed by atoms with Crippen molar-refractivity contribution < 1.29 is 40.4 Å². The second kappa shape index (κ2) is 18.2. The zero-order valence-corrected chi connectivity index (χ0v) is 32.9. The lowest BCUT2D eigenvalue weighted by Crippen LogP contribution is -2.44. The molecule has 3 heterocycles. The van der Waals surface area contributed by atoms with Gasteiger partial charge in [-0.15, -0.1) is 10.2 Å². The number of carbonyl (C=O) groups excluding carboxylic acids is 1. The van der Waals surface area contributed by atoms with Crippen LogP contribution in [0.5, 0.6) is 5.88 Å². The molecule has 2 saturated heterocycles. The number of morpholine rings is 1. The number of rotatable bonds is 16. The van der Waals surface area contributed by atoms with Crippen molar-refractivity contribution in [1.29, 1.82) is 0 Å². The number of alkyl halides is 2. The van der Waals surface area contributed by atoms with E-state index in [2.05, 4.69) is 26.5 Å². The van der Waals surface area contributed by atoms with Crippen molar-refractivity contribution in [1.82, 2.24) is 15.1 Å². The first-order chi connectivity index (χ1) is 25.7. The summed E-state index contributed by atoms with van der Waals surface area (Å²) >= 11 is 0. The number of unbranched alkanes of at least 4 members (excludes halogenated alkanes) is 3. The highest BCUT2D eigenvalue weighted by Gasteiger charge is 2.44. The molecule has 2 fully saturated rings. The third-order valence-corrected chi connectivity index (χ3v) is 11.0. The van der Waals surface area contributed by atoms with Crippen LogP contribution in [0.3, 0.4) is 0 Å². The van der Waals surface area contributed by atoms with E-state index in [0.29, 0.717) is 43.5 Å². The van der Waals surface area contributed by atoms with Crippen molar-refractivity contribution in [2.75, 3.05) is 68.6 Å². The first-order valence-corrected chi connectivity index (χ1v) is 20.6. The van der Waals surface area contributed by atoms with Gasteiger partial charge in [-0.1, -0.05) is 24.6 Å². The van der Waals surface area contributed by atoms with Crippen LogP contribution in [-0.4, -0.2) is 93.6 Å². The molecule has 1 aromatic heterocycles. The highest BCUT2D eigenvalue weighted by Crippen LogP contribution is 2.42. The summed E-state index contributed by atoms with van der Waals surface area (Å²) in [6, 6.07) is 12.2. The van der Waals surface area contributed by atoms with Gasteiger partial charge < -0.3 is 29.3 Å². The number of hydrogen-bond acceptors (Lipinski definition) is 11. The van der Waals surface area contributed by atoms with Crippen molar-refractivity contribution in [3.63, 3.8) is 0 Å². The van der Waals surface area contributed by atoms with E-state index in [1.807, 2.05) is 25.1 Å². The molecule has 0 aliphatic carbocycles. The fraction of sp³-hybridized carbons (Fsp3) is 0.615. The van der Waals surface area contributed by atoms with Gasteiger partial charge in [0, 0.05) is 54.1 Å². The summed E-state index contributed by atoms with van der Waals surface area (Å²) in [5.41, 5.74) is 0.976. The molecule has 2 aliphatic heterocycles. The molecule has 12 nitrogen and oxygen atoms in total. The molecular formula is C39H55F2N5O7S. The van der Waals surface area contributed by atoms with Gasteiger partial charge >= 0.3 is 6.09 Å². The van der Waals surface area contributed by atoms with E-state index in [-0.39, 0.29) is 49.9 Å². The SMILES string of the molecule is CCS(=O)(=O)OCCCCCCOc1nnc(N[C@H](C)c2cccc(C(F)(F)C3CCN(C(=O)OC(C)(C)C)CC3)c2)c2cc(N3CCOCC3)ccc12. The number of piperidine rings is 1. The Labute approximate surface area is 318 Å². The lowest BCUT2D eigenvalue weighted by Gasteiger charge is -2.36. The lowest BCUT2D eigenvalue weighted by molar-refractivity contribution is -0.0861. The molecule has 54 heavy (non-hydrogen) atoms. The predicted octanol–water partition coefficient (Wildman–Crippen LogP) is 7.68. The van der Waals surface area contributed by atoms with E-state index >= 15 is 8.78 Å². The molecule has 2 aliphatic rings. The molecule has 1 amide bonds. The Morgan fingerprint density at radius 1 is 0.963 bits per heavy atom. The molecule has 2 aromatic carbocycles. The summed E-state index contributed by atoms with van der Waals surface area (Å²) in [7, 11) is -3.43. The van der Waals surface area contributed by atoms with E-state index in [1.165, 1.54) is 11.0 Å². The van der Waals surface area contributed by atoms with E-state index in [1.54, 1.807) is 39.8 Å². The average Bonchev–Trinajstić information content (AvgIpc) is 3.16. The third kappa shape index (κ3) is 11.1. The highest BCUT2D eigenvalue weighted by atomic mass is 32.2. The Morgan fingerprint density at radius 3 is 2.35 bits per heavy atom. The van der Waals surface area contributed by atoms with Gasteiger partial charge in [-0.25, -0.2) is 13.6 Å². The Kier molecular flexibility index (Phi) is 13.9. The number of nitrogens with zero attached hydrogens (tertiary/aromatic N) is 4. The number of anilines is 2. The second-order valence-electron chi connectivity index (χ2n) is 15.0. The molecule has 1 atom stereocenters. The van der Waals surface area contributed by atoms with Crippen molar-refractivity contribution in [2.24, 2.45) is 5.92 Å². The first-order valence-electron chi connectivity index (χ1n) is 19.0. The van der Waals surface area contributed by atoms with Crippen LogP contribution in [0.4, 0.5) is 25.1 Å². The van der Waals surface area contributed by atoms with Crippen LogP contribution in [0.1, 0.15) is 90.3 Å². The van der Waals surface area contributed by atoms with Crippen molar-refractivity contribution >= 4 is 38.5 Å². The smallest absolute Gasteiger partial charge is 0.410 e. The van der Waals surface area contributed by atoms with Crippen LogP contribution in [0.25, 0.3) is 10.8 Å². The van der Waals surface area contributed by atoms with Crippen LogP contribution >= 0.6 is 0 Å². The largest absolute Gasteiger partial charge is 0.476 e. The minimum Gasteiger partial charge on any atom is -0.476 e. The topological polar surface area (TPSA) is 132 Å². The summed E-state index contributed by atoms with van der Waals surface area (Å²) < 4.78 is 77.1. The molecule has 0 unspecified atom stereocenters. The van der Waals surface area contributed by atoms with Crippen molar-refractivity contribution in [2.45, 2.75) is 90.7 Å². The van der Waals surface area contributed by atoms with Crippen LogP contribution in [0.2, 0.25) is 0 Å². The average molecular weight is 776 g/mol. The maximum absolute atomic E-state index is 16.0. The van der Waals surface area contributed by atoms with Crippen molar-refractivity contribution in [3.05, 3.63) is 53.6 Å². The summed E-state index contributed by atoms with van der Waals surface area (Å²) in [5.74, 6) is -3.13. The summed E-state index contributed by atoms with van der Waals surface area (Å²) in [5, 5.41) is 13.9. The first kappa shape index (κ1) is 41.3. The van der Waals surface area contributed by atoms with Gasteiger partial charge in [-0.2, -0.15) is 8.42 Å². The van der Waals surface area contributed by atoms with Gasteiger partial charge in [-0.3, -0.25) is 4.18 Å². The molecule has 0 spiro atoms. The van der Waals surface area contributed by atoms with Crippen LogP contribution in [-0.2, 0) is 29.7 Å². The van der Waals surface area contributed by atoms with Gasteiger partial charge in [0.2, 0.25) is 5.88 Å². The third-order valence-electron chi connectivity index (χ3n) is 9.78. The molecule has 0 radical (unpaired) electrons. The van der Waals surface area contributed by atoms with Gasteiger partial charge in [0.25, 0.3) is 16.0 Å². The van der Waals surface area contributed by atoms with Gasteiger partial charge in [0.15, 0.2) is 5.82 Å². The van der Waals surface area contributed by atoms with E-state index < -0.39 is 33.7 Å². The number of hydrogen-bond donors (Lipinski definition) is 1. The van der Waals surface area contributed by atoms with E-state index in [4.69, 9.17) is 18.4 Å². The van der Waals surface area contributed by atoms with Gasteiger partial charge in [0.1, 0.15) is 5.60 Å². The molecule has 3 aromatic rings. The number of fused-ring (bicyclic) bond motifs is 1. The Bertz CT molecular complexity index is 1810. The second-order valence-corrected chi connectivity index (χ2v) is 16.9. The van der Waals surface area contributed by atoms with Crippen LogP contribution in [0.15, 0.2) is 42.5 Å². The number of nitrogens with one attached hydrogen (secondary N) is 1. The zero-order valence-electron chi connectivity index (χ0n) is 32.1. The molecule has 0 saturated carbocycles. The van der Waals surface area contributed by atoms with Crippen LogP contribution < -0.4 is 15.0 Å². The number of aromatic nitrogens is 2. The van der Waals surface area contributed by atoms with Crippen LogP contribution in [0, 0.1) is 5.92 Å². The Balaban J connectivity index is 1.26. The number of carbonyl (C=O) groups is 1. The number of halogens is 2. The fourth-order valence-electron chi connectivity index (χ4n) is 6.64. The molecule has 0 bridgehead atoms.